The summed E-state index contributed by atoms with van der Waals surface area (Å²) in [6, 6.07) is 0.647. The Balaban J connectivity index is 2.28. The maximum atomic E-state index is 13.9. The van der Waals surface area contributed by atoms with Crippen molar-refractivity contribution in [2.45, 2.75) is 38.7 Å². The number of alkyl halides is 3. The van der Waals surface area contributed by atoms with Gasteiger partial charge in [0, 0.05) is 19.2 Å². The van der Waals surface area contributed by atoms with Crippen LogP contribution in [0.15, 0.2) is 18.2 Å². The molecule has 0 bridgehead atoms. The van der Waals surface area contributed by atoms with Gasteiger partial charge in [0.15, 0.2) is 0 Å². The molecule has 2 atom stereocenters. The number of carbonyl (C=O) groups excluding carboxylic acids is 2. The van der Waals surface area contributed by atoms with Crippen LogP contribution >= 0.6 is 0 Å². The fourth-order valence-electron chi connectivity index (χ4n) is 2.47. The van der Waals surface area contributed by atoms with Crippen molar-refractivity contribution in [2.75, 3.05) is 7.05 Å². The zero-order valence-corrected chi connectivity index (χ0v) is 12.8. The topological polar surface area (TPSA) is 40.6 Å². The molecule has 0 aromatic heterocycles. The minimum absolute atomic E-state index is 0.0669. The van der Waals surface area contributed by atoms with E-state index in [1.165, 1.54) is 23.8 Å². The molecule has 23 heavy (non-hydrogen) atoms. The van der Waals surface area contributed by atoms with Crippen molar-refractivity contribution in [3.63, 3.8) is 0 Å². The Morgan fingerprint density at radius 1 is 1.09 bits per heavy atom. The van der Waals surface area contributed by atoms with Crippen LogP contribution in [0.4, 0.5) is 17.6 Å². The van der Waals surface area contributed by atoms with Crippen LogP contribution in [0.5, 0.6) is 0 Å². The van der Waals surface area contributed by atoms with Crippen LogP contribution in [-0.4, -0.2) is 40.7 Å². The van der Waals surface area contributed by atoms with Gasteiger partial charge in [-0.25, -0.2) is 4.39 Å². The van der Waals surface area contributed by atoms with E-state index in [0.29, 0.717) is 6.07 Å². The van der Waals surface area contributed by atoms with Gasteiger partial charge in [0.05, 0.1) is 5.56 Å². The van der Waals surface area contributed by atoms with Crippen molar-refractivity contribution in [2.24, 2.45) is 0 Å². The Hall–Kier alpha value is -2.12. The van der Waals surface area contributed by atoms with Crippen molar-refractivity contribution < 1.29 is 27.2 Å². The highest BCUT2D eigenvalue weighted by molar-refractivity contribution is 5.96. The second-order valence-corrected chi connectivity index (χ2v) is 5.57. The van der Waals surface area contributed by atoms with Crippen molar-refractivity contribution in [1.29, 1.82) is 0 Å². The number of nitrogens with zero attached hydrogens (tertiary/aromatic N) is 2. The number of likely N-dealkylation sites (N-methyl/N-ethyl adjacent to an activating group) is 1. The average Bonchev–Trinajstić information content (AvgIpc) is 2.48. The van der Waals surface area contributed by atoms with Crippen LogP contribution in [0.3, 0.4) is 0 Å². The van der Waals surface area contributed by atoms with Gasteiger partial charge in [0.25, 0.3) is 0 Å². The molecule has 1 fully saturated rings. The smallest absolute Gasteiger partial charge is 0.332 e. The molecule has 0 aliphatic carbocycles. The molecule has 1 aliphatic heterocycles. The van der Waals surface area contributed by atoms with Gasteiger partial charge in [0.1, 0.15) is 17.9 Å². The number of halogens is 4. The lowest BCUT2D eigenvalue weighted by Crippen LogP contribution is -2.61. The summed E-state index contributed by atoms with van der Waals surface area (Å²) in [5.74, 6) is -1.73. The summed E-state index contributed by atoms with van der Waals surface area (Å²) in [7, 11) is 1.50. The first kappa shape index (κ1) is 17.2. The van der Waals surface area contributed by atoms with Crippen LogP contribution in [0.2, 0.25) is 0 Å². The summed E-state index contributed by atoms with van der Waals surface area (Å²) >= 11 is 0. The largest absolute Gasteiger partial charge is 0.416 e. The van der Waals surface area contributed by atoms with E-state index in [4.69, 9.17) is 0 Å². The third kappa shape index (κ3) is 3.16. The summed E-state index contributed by atoms with van der Waals surface area (Å²) in [5, 5.41) is 0. The van der Waals surface area contributed by atoms with E-state index in [-0.39, 0.29) is 23.9 Å². The molecule has 8 heteroatoms. The Bertz CT molecular complexity index is 645. The fourth-order valence-corrected chi connectivity index (χ4v) is 2.47. The highest BCUT2D eigenvalue weighted by Crippen LogP contribution is 2.31. The predicted octanol–water partition coefficient (Wildman–Crippen LogP) is 2.42. The Morgan fingerprint density at radius 3 is 2.22 bits per heavy atom. The van der Waals surface area contributed by atoms with Crippen molar-refractivity contribution in [1.82, 2.24) is 9.80 Å². The molecule has 126 valence electrons. The summed E-state index contributed by atoms with van der Waals surface area (Å²) in [6.45, 7) is 2.79. The zero-order valence-electron chi connectivity index (χ0n) is 12.8. The quantitative estimate of drug-likeness (QED) is 0.781. The highest BCUT2D eigenvalue weighted by atomic mass is 19.4. The van der Waals surface area contributed by atoms with Crippen LogP contribution in [-0.2, 0) is 22.3 Å². The SMILES string of the molecule is C[C@H]1C(=O)N(Cc2ccc(C(F)(F)F)cc2F)[C@@H](C)C(=O)N1C. The van der Waals surface area contributed by atoms with Crippen LogP contribution in [0.25, 0.3) is 0 Å². The predicted molar refractivity (Wildman–Crippen MR) is 73.6 cm³/mol. The van der Waals surface area contributed by atoms with Gasteiger partial charge in [-0.1, -0.05) is 6.07 Å². The first-order chi connectivity index (χ1) is 10.5. The van der Waals surface area contributed by atoms with Crippen molar-refractivity contribution in [3.8, 4) is 0 Å². The van der Waals surface area contributed by atoms with Gasteiger partial charge in [-0.05, 0) is 26.0 Å². The lowest BCUT2D eigenvalue weighted by atomic mass is 10.0. The molecule has 0 saturated carbocycles. The molecule has 1 aromatic carbocycles. The molecule has 0 radical (unpaired) electrons. The molecular formula is C15H16F4N2O2. The molecule has 0 N–H and O–H groups in total. The van der Waals surface area contributed by atoms with E-state index in [1.54, 1.807) is 6.92 Å². The lowest BCUT2D eigenvalue weighted by molar-refractivity contribution is -0.159. The summed E-state index contributed by atoms with van der Waals surface area (Å²) < 4.78 is 51.6. The summed E-state index contributed by atoms with van der Waals surface area (Å²) in [4.78, 5) is 26.8. The maximum absolute atomic E-state index is 13.9. The van der Waals surface area contributed by atoms with E-state index < -0.39 is 29.6 Å². The fraction of sp³-hybridized carbons (Fsp3) is 0.467. The number of piperazine rings is 1. The molecular weight excluding hydrogens is 316 g/mol. The van der Waals surface area contributed by atoms with E-state index in [9.17, 15) is 27.2 Å². The zero-order chi connectivity index (χ0) is 17.5. The third-order valence-corrected chi connectivity index (χ3v) is 4.12. The Kier molecular flexibility index (Phi) is 4.37. The van der Waals surface area contributed by atoms with Gasteiger partial charge in [0.2, 0.25) is 11.8 Å². The lowest BCUT2D eigenvalue weighted by Gasteiger charge is -2.41. The van der Waals surface area contributed by atoms with Gasteiger partial charge >= 0.3 is 6.18 Å². The van der Waals surface area contributed by atoms with E-state index in [2.05, 4.69) is 0 Å². The number of benzene rings is 1. The summed E-state index contributed by atoms with van der Waals surface area (Å²) in [5.41, 5.74) is -1.16. The van der Waals surface area contributed by atoms with E-state index in [1.807, 2.05) is 0 Å². The third-order valence-electron chi connectivity index (χ3n) is 4.12. The molecule has 1 saturated heterocycles. The van der Waals surface area contributed by atoms with Gasteiger partial charge in [-0.2, -0.15) is 13.2 Å². The first-order valence-corrected chi connectivity index (χ1v) is 6.96. The number of hydrogen-bond donors (Lipinski definition) is 0. The number of hydrogen-bond acceptors (Lipinski definition) is 2. The number of amides is 2. The molecule has 0 unspecified atom stereocenters. The molecule has 0 spiro atoms. The summed E-state index contributed by atoms with van der Waals surface area (Å²) in [6.07, 6.45) is -4.64. The van der Waals surface area contributed by atoms with Gasteiger partial charge < -0.3 is 9.80 Å². The second-order valence-electron chi connectivity index (χ2n) is 5.57. The normalized spacial score (nSPS) is 22.7. The minimum Gasteiger partial charge on any atom is -0.332 e. The van der Waals surface area contributed by atoms with Crippen molar-refractivity contribution in [3.05, 3.63) is 35.1 Å². The Morgan fingerprint density at radius 2 is 1.70 bits per heavy atom. The standard InChI is InChI=1S/C15H16F4N2O2/c1-8-14(23)21(9(2)13(22)20(8)3)7-10-4-5-11(6-12(10)16)15(17,18)19/h4-6,8-9H,7H2,1-3H3/t8-,9-/m0/s1. The Labute approximate surface area is 130 Å². The molecule has 2 amide bonds. The number of rotatable bonds is 2. The average molecular weight is 332 g/mol. The monoisotopic (exact) mass is 332 g/mol. The second kappa shape index (κ2) is 5.82. The highest BCUT2D eigenvalue weighted by Gasteiger charge is 2.40. The molecule has 1 heterocycles. The molecule has 2 rings (SSSR count). The minimum atomic E-state index is -4.64. The van der Waals surface area contributed by atoms with Gasteiger partial charge in [-0.15, -0.1) is 0 Å². The molecule has 1 aliphatic rings. The van der Waals surface area contributed by atoms with Crippen LogP contribution in [0, 0.1) is 5.82 Å². The van der Waals surface area contributed by atoms with Crippen LogP contribution in [0.1, 0.15) is 25.0 Å². The first-order valence-electron chi connectivity index (χ1n) is 6.96. The molecule has 1 aromatic rings. The van der Waals surface area contributed by atoms with E-state index >= 15 is 0 Å². The number of carbonyl (C=O) groups is 2. The van der Waals surface area contributed by atoms with Crippen LogP contribution < -0.4 is 0 Å². The maximum Gasteiger partial charge on any atom is 0.416 e. The van der Waals surface area contributed by atoms with Crippen molar-refractivity contribution >= 4 is 11.8 Å². The van der Waals surface area contributed by atoms with E-state index in [0.717, 1.165) is 12.1 Å². The molecule has 4 nitrogen and oxygen atoms in total. The van der Waals surface area contributed by atoms with Gasteiger partial charge in [-0.3, -0.25) is 9.59 Å².